The molecule has 3 rings (SSSR count). The van der Waals surface area contributed by atoms with E-state index in [0.29, 0.717) is 24.0 Å². The highest BCUT2D eigenvalue weighted by Gasteiger charge is 2.23. The molecule has 0 unspecified atom stereocenters. The van der Waals surface area contributed by atoms with Crippen molar-refractivity contribution >= 4 is 17.2 Å². The first-order chi connectivity index (χ1) is 13.1. The largest absolute Gasteiger partial charge is 0.493 e. The zero-order valence-electron chi connectivity index (χ0n) is 16.2. The fourth-order valence-electron chi connectivity index (χ4n) is 3.49. The Morgan fingerprint density at radius 1 is 1.33 bits per heavy atom. The second-order valence-electron chi connectivity index (χ2n) is 6.62. The number of benzene rings is 1. The molecule has 2 aromatic rings. The Morgan fingerprint density at radius 3 is 2.89 bits per heavy atom. The molecule has 1 aromatic carbocycles. The minimum Gasteiger partial charge on any atom is -0.493 e. The molecule has 27 heavy (non-hydrogen) atoms. The maximum Gasteiger partial charge on any atom is 0.226 e. The van der Waals surface area contributed by atoms with Crippen molar-refractivity contribution in [1.82, 2.24) is 15.2 Å². The third kappa shape index (κ3) is 4.78. The van der Waals surface area contributed by atoms with Gasteiger partial charge in [0.2, 0.25) is 5.91 Å². The highest BCUT2D eigenvalue weighted by molar-refractivity contribution is 7.13. The maximum absolute atomic E-state index is 12.3. The molecule has 1 N–H and O–H groups in total. The first kappa shape index (κ1) is 19.6. The van der Waals surface area contributed by atoms with Crippen molar-refractivity contribution in [1.29, 1.82) is 0 Å². The topological polar surface area (TPSA) is 63.7 Å². The van der Waals surface area contributed by atoms with Gasteiger partial charge in [0.1, 0.15) is 5.01 Å². The summed E-state index contributed by atoms with van der Waals surface area (Å²) in [6.45, 7) is 5.07. The smallest absolute Gasteiger partial charge is 0.226 e. The number of thiazole rings is 1. The standard InChI is InChI=1S/C20H27N3O3S/c1-4-23-9-5-6-16(23)12-21-19(24)11-15-13-27-20(22-15)14-7-8-17(25-2)18(10-14)26-3/h7-8,10,13,16H,4-6,9,11-12H2,1-3H3,(H,21,24)/t16-/m1/s1. The molecule has 2 heterocycles. The van der Waals surface area contributed by atoms with Crippen LogP contribution in [0.2, 0.25) is 0 Å². The molecule has 0 spiro atoms. The van der Waals surface area contributed by atoms with Crippen LogP contribution in [0.5, 0.6) is 11.5 Å². The Bertz CT molecular complexity index is 778. The summed E-state index contributed by atoms with van der Waals surface area (Å²) in [6.07, 6.45) is 2.69. The minimum absolute atomic E-state index is 0.0297. The molecule has 0 saturated carbocycles. The van der Waals surface area contributed by atoms with Crippen LogP contribution < -0.4 is 14.8 Å². The van der Waals surface area contributed by atoms with E-state index in [2.05, 4.69) is 22.1 Å². The van der Waals surface area contributed by atoms with Gasteiger partial charge >= 0.3 is 0 Å². The number of aromatic nitrogens is 1. The van der Waals surface area contributed by atoms with Crippen molar-refractivity contribution in [3.63, 3.8) is 0 Å². The molecule has 1 aromatic heterocycles. The molecule has 1 aliphatic rings. The van der Waals surface area contributed by atoms with Gasteiger partial charge in [0.05, 0.1) is 26.3 Å². The zero-order chi connectivity index (χ0) is 19.2. The van der Waals surface area contributed by atoms with Gasteiger partial charge in [0.15, 0.2) is 11.5 Å². The van der Waals surface area contributed by atoms with Gasteiger partial charge in [-0.25, -0.2) is 4.98 Å². The van der Waals surface area contributed by atoms with Gasteiger partial charge in [-0.3, -0.25) is 9.69 Å². The number of carbonyl (C=O) groups is 1. The average molecular weight is 390 g/mol. The van der Waals surface area contributed by atoms with E-state index in [1.807, 2.05) is 23.6 Å². The van der Waals surface area contributed by atoms with Crippen molar-refractivity contribution in [2.75, 3.05) is 33.9 Å². The highest BCUT2D eigenvalue weighted by atomic mass is 32.1. The monoisotopic (exact) mass is 389 g/mol. The molecule has 0 aliphatic carbocycles. The van der Waals surface area contributed by atoms with Crippen molar-refractivity contribution < 1.29 is 14.3 Å². The third-order valence-corrected chi connectivity index (χ3v) is 5.90. The Hall–Kier alpha value is -2.12. The quantitative estimate of drug-likeness (QED) is 0.752. The average Bonchev–Trinajstić information content (AvgIpc) is 3.34. The second-order valence-corrected chi connectivity index (χ2v) is 7.48. The molecular formula is C20H27N3O3S. The van der Waals surface area contributed by atoms with E-state index in [0.717, 1.165) is 42.3 Å². The van der Waals surface area contributed by atoms with Gasteiger partial charge in [0, 0.05) is 23.5 Å². The predicted molar refractivity (Wildman–Crippen MR) is 108 cm³/mol. The van der Waals surface area contributed by atoms with Crippen LogP contribution in [-0.4, -0.2) is 55.7 Å². The van der Waals surface area contributed by atoms with E-state index in [1.165, 1.54) is 17.8 Å². The summed E-state index contributed by atoms with van der Waals surface area (Å²) in [4.78, 5) is 19.3. The van der Waals surface area contributed by atoms with Gasteiger partial charge in [-0.15, -0.1) is 11.3 Å². The molecule has 0 bridgehead atoms. The molecular weight excluding hydrogens is 362 g/mol. The molecule has 0 radical (unpaired) electrons. The number of carbonyl (C=O) groups excluding carboxylic acids is 1. The summed E-state index contributed by atoms with van der Waals surface area (Å²) in [5, 5.41) is 5.88. The van der Waals surface area contributed by atoms with E-state index >= 15 is 0 Å². The van der Waals surface area contributed by atoms with Crippen LogP contribution in [0.1, 0.15) is 25.5 Å². The van der Waals surface area contributed by atoms with Crippen molar-refractivity contribution in [2.45, 2.75) is 32.2 Å². The fourth-order valence-corrected chi connectivity index (χ4v) is 4.31. The number of nitrogens with one attached hydrogen (secondary N) is 1. The molecule has 146 valence electrons. The molecule has 1 saturated heterocycles. The molecule has 1 fully saturated rings. The molecule has 1 amide bonds. The molecule has 1 aliphatic heterocycles. The summed E-state index contributed by atoms with van der Waals surface area (Å²) in [5.41, 5.74) is 1.75. The SMILES string of the molecule is CCN1CCC[C@@H]1CNC(=O)Cc1csc(-c2ccc(OC)c(OC)c2)n1. The van der Waals surface area contributed by atoms with E-state index in [4.69, 9.17) is 9.47 Å². The van der Waals surface area contributed by atoms with E-state index in [9.17, 15) is 4.79 Å². The summed E-state index contributed by atoms with van der Waals surface area (Å²) in [7, 11) is 3.23. The third-order valence-electron chi connectivity index (χ3n) is 4.96. The van der Waals surface area contributed by atoms with Gasteiger partial charge in [-0.2, -0.15) is 0 Å². The summed E-state index contributed by atoms with van der Waals surface area (Å²) >= 11 is 1.53. The lowest BCUT2D eigenvalue weighted by molar-refractivity contribution is -0.120. The normalized spacial score (nSPS) is 17.1. The maximum atomic E-state index is 12.3. The molecule has 7 heteroatoms. The van der Waals surface area contributed by atoms with Gasteiger partial charge in [-0.05, 0) is 44.1 Å². The number of methoxy groups -OCH3 is 2. The number of nitrogens with zero attached hydrogens (tertiary/aromatic N) is 2. The molecule has 1 atom stereocenters. The number of hydrogen-bond acceptors (Lipinski definition) is 6. The summed E-state index contributed by atoms with van der Waals surface area (Å²) in [6, 6.07) is 6.18. The zero-order valence-corrected chi connectivity index (χ0v) is 17.0. The number of ether oxygens (including phenoxy) is 2. The van der Waals surface area contributed by atoms with Crippen LogP contribution >= 0.6 is 11.3 Å². The number of likely N-dealkylation sites (tertiary alicyclic amines) is 1. The fraction of sp³-hybridized carbons (Fsp3) is 0.500. The predicted octanol–water partition coefficient (Wildman–Crippen LogP) is 2.97. The van der Waals surface area contributed by atoms with Crippen LogP contribution in [0.25, 0.3) is 10.6 Å². The first-order valence-corrected chi connectivity index (χ1v) is 10.2. The highest BCUT2D eigenvalue weighted by Crippen LogP contribution is 2.33. The first-order valence-electron chi connectivity index (χ1n) is 9.32. The Labute approximate surface area is 164 Å². The van der Waals surface area contributed by atoms with Crippen LogP contribution in [0.3, 0.4) is 0 Å². The summed E-state index contributed by atoms with van der Waals surface area (Å²) < 4.78 is 10.6. The lowest BCUT2D eigenvalue weighted by atomic mass is 10.2. The van der Waals surface area contributed by atoms with E-state index < -0.39 is 0 Å². The van der Waals surface area contributed by atoms with Crippen LogP contribution in [0.15, 0.2) is 23.6 Å². The van der Waals surface area contributed by atoms with Crippen molar-refractivity contribution in [3.05, 3.63) is 29.3 Å². The Balaban J connectivity index is 1.58. The Kier molecular flexibility index (Phi) is 6.68. The number of rotatable bonds is 8. The Morgan fingerprint density at radius 2 is 2.15 bits per heavy atom. The van der Waals surface area contributed by atoms with Crippen LogP contribution in [0.4, 0.5) is 0 Å². The van der Waals surface area contributed by atoms with E-state index in [1.54, 1.807) is 14.2 Å². The van der Waals surface area contributed by atoms with Gasteiger partial charge in [0.25, 0.3) is 0 Å². The van der Waals surface area contributed by atoms with E-state index in [-0.39, 0.29) is 5.91 Å². The number of likely N-dealkylation sites (N-methyl/N-ethyl adjacent to an activating group) is 1. The molecule has 6 nitrogen and oxygen atoms in total. The lowest BCUT2D eigenvalue weighted by Gasteiger charge is -2.22. The minimum atomic E-state index is 0.0297. The van der Waals surface area contributed by atoms with Crippen molar-refractivity contribution in [3.8, 4) is 22.1 Å². The summed E-state index contributed by atoms with van der Waals surface area (Å²) in [5.74, 6) is 1.38. The number of amides is 1. The van der Waals surface area contributed by atoms with Gasteiger partial charge in [-0.1, -0.05) is 6.92 Å². The van der Waals surface area contributed by atoms with Crippen LogP contribution in [-0.2, 0) is 11.2 Å². The van der Waals surface area contributed by atoms with Crippen molar-refractivity contribution in [2.24, 2.45) is 0 Å². The second kappa shape index (κ2) is 9.19. The lowest BCUT2D eigenvalue weighted by Crippen LogP contribution is -2.40. The van der Waals surface area contributed by atoms with Crippen LogP contribution in [0, 0.1) is 0 Å². The van der Waals surface area contributed by atoms with Gasteiger partial charge < -0.3 is 14.8 Å². The number of hydrogen-bond donors (Lipinski definition) is 1.